The SMILES string of the molecule is COc1ccc(C(CC(C)C)NC(=O)C2CCN(S(=O)(=O)Cc3ccc(Br)cc3)CC2)cc1. The molecule has 180 valence electrons. The summed E-state index contributed by atoms with van der Waals surface area (Å²) in [5, 5.41) is 3.22. The third kappa shape index (κ3) is 7.29. The van der Waals surface area contributed by atoms with E-state index in [2.05, 4.69) is 35.1 Å². The number of piperidine rings is 1. The highest BCUT2D eigenvalue weighted by atomic mass is 79.9. The van der Waals surface area contributed by atoms with Gasteiger partial charge in [0, 0.05) is 23.5 Å². The molecule has 1 atom stereocenters. The average molecular weight is 538 g/mol. The van der Waals surface area contributed by atoms with E-state index in [4.69, 9.17) is 4.74 Å². The predicted molar refractivity (Wildman–Crippen MR) is 134 cm³/mol. The van der Waals surface area contributed by atoms with Gasteiger partial charge in [0.1, 0.15) is 5.75 Å². The first-order chi connectivity index (χ1) is 15.7. The number of benzene rings is 2. The molecule has 1 saturated heterocycles. The number of nitrogens with one attached hydrogen (secondary N) is 1. The second-order valence-electron chi connectivity index (χ2n) is 9.02. The van der Waals surface area contributed by atoms with Gasteiger partial charge in [-0.2, -0.15) is 0 Å². The number of rotatable bonds is 9. The van der Waals surface area contributed by atoms with Gasteiger partial charge < -0.3 is 10.1 Å². The molecule has 6 nitrogen and oxygen atoms in total. The summed E-state index contributed by atoms with van der Waals surface area (Å²) in [5.41, 5.74) is 1.81. The monoisotopic (exact) mass is 536 g/mol. The van der Waals surface area contributed by atoms with Crippen LogP contribution in [0.15, 0.2) is 53.0 Å². The first kappa shape index (κ1) is 25.7. The normalized spacial score (nSPS) is 16.5. The van der Waals surface area contributed by atoms with Gasteiger partial charge in [0.2, 0.25) is 15.9 Å². The molecule has 0 saturated carbocycles. The molecular weight excluding hydrogens is 504 g/mol. The fourth-order valence-corrected chi connectivity index (χ4v) is 5.98. The van der Waals surface area contributed by atoms with Crippen molar-refractivity contribution in [1.82, 2.24) is 9.62 Å². The predicted octanol–water partition coefficient (Wildman–Crippen LogP) is 4.90. The lowest BCUT2D eigenvalue weighted by molar-refractivity contribution is -0.127. The Balaban J connectivity index is 1.59. The molecule has 2 aromatic rings. The highest BCUT2D eigenvalue weighted by Gasteiger charge is 2.32. The van der Waals surface area contributed by atoms with Crippen molar-refractivity contribution in [2.45, 2.75) is 44.9 Å². The highest BCUT2D eigenvalue weighted by molar-refractivity contribution is 9.10. The summed E-state index contributed by atoms with van der Waals surface area (Å²) in [6.07, 6.45) is 1.89. The Morgan fingerprint density at radius 2 is 1.70 bits per heavy atom. The number of ether oxygens (including phenoxy) is 1. The first-order valence-corrected chi connectivity index (χ1v) is 13.7. The van der Waals surface area contributed by atoms with Crippen LogP contribution in [0.3, 0.4) is 0 Å². The molecule has 3 rings (SSSR count). The third-order valence-corrected chi connectivity index (χ3v) is 8.40. The number of amides is 1. The summed E-state index contributed by atoms with van der Waals surface area (Å²) in [5.74, 6) is 0.997. The molecule has 0 aliphatic carbocycles. The summed E-state index contributed by atoms with van der Waals surface area (Å²) in [4.78, 5) is 13.1. The van der Waals surface area contributed by atoms with Crippen LogP contribution in [-0.4, -0.2) is 38.8 Å². The second-order valence-corrected chi connectivity index (χ2v) is 11.9. The lowest BCUT2D eigenvalue weighted by Gasteiger charge is -2.32. The molecule has 0 radical (unpaired) electrons. The number of hydrogen-bond acceptors (Lipinski definition) is 4. The van der Waals surface area contributed by atoms with Crippen molar-refractivity contribution in [2.75, 3.05) is 20.2 Å². The van der Waals surface area contributed by atoms with Crippen molar-refractivity contribution in [1.29, 1.82) is 0 Å². The van der Waals surface area contributed by atoms with E-state index in [1.54, 1.807) is 7.11 Å². The molecule has 1 aliphatic heterocycles. The number of halogens is 1. The Morgan fingerprint density at radius 3 is 2.24 bits per heavy atom. The quantitative estimate of drug-likeness (QED) is 0.494. The van der Waals surface area contributed by atoms with Crippen LogP contribution in [-0.2, 0) is 20.6 Å². The zero-order chi connectivity index (χ0) is 24.0. The number of carbonyl (C=O) groups excluding carboxylic acids is 1. The van der Waals surface area contributed by atoms with Crippen molar-refractivity contribution in [3.05, 3.63) is 64.1 Å². The summed E-state index contributed by atoms with van der Waals surface area (Å²) in [6, 6.07) is 15.0. The van der Waals surface area contributed by atoms with Gasteiger partial charge in [-0.25, -0.2) is 12.7 Å². The average Bonchev–Trinajstić information content (AvgIpc) is 2.80. The van der Waals surface area contributed by atoms with Crippen molar-refractivity contribution in [2.24, 2.45) is 11.8 Å². The lowest BCUT2D eigenvalue weighted by atomic mass is 9.93. The third-order valence-electron chi connectivity index (χ3n) is 6.02. The molecule has 0 spiro atoms. The molecule has 2 aromatic carbocycles. The van der Waals surface area contributed by atoms with Gasteiger partial charge in [0.25, 0.3) is 0 Å². The van der Waals surface area contributed by atoms with E-state index >= 15 is 0 Å². The van der Waals surface area contributed by atoms with E-state index in [0.29, 0.717) is 31.8 Å². The summed E-state index contributed by atoms with van der Waals surface area (Å²) in [7, 11) is -1.78. The van der Waals surface area contributed by atoms with Gasteiger partial charge in [0.05, 0.1) is 18.9 Å². The summed E-state index contributed by atoms with van der Waals surface area (Å²) >= 11 is 3.37. The van der Waals surface area contributed by atoms with Crippen LogP contribution >= 0.6 is 15.9 Å². The van der Waals surface area contributed by atoms with Gasteiger partial charge in [-0.1, -0.05) is 54.0 Å². The number of methoxy groups -OCH3 is 1. The van der Waals surface area contributed by atoms with Gasteiger partial charge in [-0.05, 0) is 60.6 Å². The molecule has 1 N–H and O–H groups in total. The Labute approximate surface area is 205 Å². The molecule has 1 unspecified atom stereocenters. The summed E-state index contributed by atoms with van der Waals surface area (Å²) < 4.78 is 33.4. The smallest absolute Gasteiger partial charge is 0.223 e. The number of nitrogens with zero attached hydrogens (tertiary/aromatic N) is 1. The minimum Gasteiger partial charge on any atom is -0.497 e. The summed E-state index contributed by atoms with van der Waals surface area (Å²) in [6.45, 7) is 5.01. The van der Waals surface area contributed by atoms with Crippen LogP contribution in [0.4, 0.5) is 0 Å². The van der Waals surface area contributed by atoms with E-state index < -0.39 is 10.0 Å². The lowest BCUT2D eigenvalue weighted by Crippen LogP contribution is -2.44. The van der Waals surface area contributed by atoms with E-state index in [1.807, 2.05) is 48.5 Å². The fourth-order valence-electron chi connectivity index (χ4n) is 4.15. The Bertz CT molecular complexity index is 1020. The zero-order valence-corrected chi connectivity index (χ0v) is 21.9. The van der Waals surface area contributed by atoms with Crippen LogP contribution in [0, 0.1) is 11.8 Å². The first-order valence-electron chi connectivity index (χ1n) is 11.3. The van der Waals surface area contributed by atoms with Gasteiger partial charge in [-0.3, -0.25) is 4.79 Å². The molecule has 0 bridgehead atoms. The van der Waals surface area contributed by atoms with Crippen molar-refractivity contribution in [3.8, 4) is 5.75 Å². The maximum atomic E-state index is 13.1. The Morgan fingerprint density at radius 1 is 1.09 bits per heavy atom. The molecule has 1 amide bonds. The molecular formula is C25H33BrN2O4S. The Hall–Kier alpha value is -1.90. The van der Waals surface area contributed by atoms with E-state index in [0.717, 1.165) is 27.8 Å². The minimum absolute atomic E-state index is 0.00132. The van der Waals surface area contributed by atoms with Crippen molar-refractivity contribution >= 4 is 31.9 Å². The number of carbonyl (C=O) groups is 1. The second kappa shape index (κ2) is 11.5. The zero-order valence-electron chi connectivity index (χ0n) is 19.5. The van der Waals surface area contributed by atoms with Crippen LogP contribution in [0.1, 0.15) is 50.3 Å². The van der Waals surface area contributed by atoms with Crippen LogP contribution in [0.2, 0.25) is 0 Å². The molecule has 33 heavy (non-hydrogen) atoms. The molecule has 1 heterocycles. The fraction of sp³-hybridized carbons (Fsp3) is 0.480. The van der Waals surface area contributed by atoms with E-state index in [1.165, 1.54) is 4.31 Å². The largest absolute Gasteiger partial charge is 0.497 e. The van der Waals surface area contributed by atoms with Crippen molar-refractivity contribution < 1.29 is 17.9 Å². The molecule has 0 aromatic heterocycles. The standard InChI is InChI=1S/C25H33BrN2O4S/c1-18(2)16-24(20-6-10-23(32-3)11-7-20)27-25(29)21-12-14-28(15-13-21)33(30,31)17-19-4-8-22(26)9-5-19/h4-11,18,21,24H,12-17H2,1-3H3,(H,27,29). The maximum absolute atomic E-state index is 13.1. The van der Waals surface area contributed by atoms with Crippen molar-refractivity contribution in [3.63, 3.8) is 0 Å². The topological polar surface area (TPSA) is 75.7 Å². The minimum atomic E-state index is -3.41. The van der Waals surface area contributed by atoms with Gasteiger partial charge >= 0.3 is 0 Å². The Kier molecular flexibility index (Phi) is 8.95. The van der Waals surface area contributed by atoms with Crippen LogP contribution in [0.25, 0.3) is 0 Å². The van der Waals surface area contributed by atoms with E-state index in [9.17, 15) is 13.2 Å². The molecule has 1 fully saturated rings. The molecule has 1 aliphatic rings. The molecule has 8 heteroatoms. The van der Waals surface area contributed by atoms with Gasteiger partial charge in [0.15, 0.2) is 0 Å². The van der Waals surface area contributed by atoms with Crippen LogP contribution in [0.5, 0.6) is 5.75 Å². The highest BCUT2D eigenvalue weighted by Crippen LogP contribution is 2.27. The number of sulfonamides is 1. The van der Waals surface area contributed by atoms with E-state index in [-0.39, 0.29) is 23.6 Å². The van der Waals surface area contributed by atoms with Gasteiger partial charge in [-0.15, -0.1) is 0 Å². The maximum Gasteiger partial charge on any atom is 0.223 e. The number of hydrogen-bond donors (Lipinski definition) is 1. The van der Waals surface area contributed by atoms with Crippen LogP contribution < -0.4 is 10.1 Å².